The summed E-state index contributed by atoms with van der Waals surface area (Å²) in [5.74, 6) is 0. The minimum absolute atomic E-state index is 0.911. The number of hydrogen-bond donors (Lipinski definition) is 0. The van der Waals surface area contributed by atoms with Crippen molar-refractivity contribution in [1.82, 2.24) is 0 Å². The van der Waals surface area contributed by atoms with Crippen molar-refractivity contribution in [2.45, 2.75) is 6.42 Å². The van der Waals surface area contributed by atoms with Crippen LogP contribution in [0.1, 0.15) is 17.5 Å². The number of hydrogen-bond acceptors (Lipinski definition) is 0. The van der Waals surface area contributed by atoms with E-state index in [0.717, 1.165) is 6.42 Å². The Kier molecular flexibility index (Phi) is 4.63. The van der Waals surface area contributed by atoms with E-state index in [9.17, 15) is 0 Å². The summed E-state index contributed by atoms with van der Waals surface area (Å²) in [7, 11) is 0. The van der Waals surface area contributed by atoms with Gasteiger partial charge in [-0.3, -0.25) is 0 Å². The molecule has 0 aromatic heterocycles. The van der Waals surface area contributed by atoms with Gasteiger partial charge >= 0.3 is 0 Å². The first-order valence-corrected chi connectivity index (χ1v) is 12.3. The van der Waals surface area contributed by atoms with Gasteiger partial charge in [0.2, 0.25) is 0 Å². The maximum absolute atomic E-state index is 2.39. The third-order valence-electron chi connectivity index (χ3n) is 7.27. The smallest absolute Gasteiger partial charge is 0.00988 e. The second-order valence-corrected chi connectivity index (χ2v) is 9.30. The van der Waals surface area contributed by atoms with Gasteiger partial charge in [-0.05, 0) is 83.9 Å². The Labute approximate surface area is 205 Å². The van der Waals surface area contributed by atoms with Crippen molar-refractivity contribution in [3.8, 4) is 0 Å². The van der Waals surface area contributed by atoms with Gasteiger partial charge in [-0.2, -0.15) is 0 Å². The van der Waals surface area contributed by atoms with E-state index in [1.165, 1.54) is 65.4 Å². The van der Waals surface area contributed by atoms with E-state index in [2.05, 4.69) is 133 Å². The van der Waals surface area contributed by atoms with Crippen molar-refractivity contribution in [1.29, 1.82) is 0 Å². The van der Waals surface area contributed by atoms with Gasteiger partial charge in [-0.15, -0.1) is 0 Å². The zero-order chi connectivity index (χ0) is 23.2. The summed E-state index contributed by atoms with van der Waals surface area (Å²) in [6.45, 7) is 0. The van der Waals surface area contributed by atoms with Crippen molar-refractivity contribution in [2.24, 2.45) is 0 Å². The van der Waals surface area contributed by atoms with Crippen LogP contribution in [0.3, 0.4) is 0 Å². The molecule has 0 atom stereocenters. The average molecular weight is 445 g/mol. The predicted molar refractivity (Wildman–Crippen MR) is 153 cm³/mol. The highest BCUT2D eigenvalue weighted by Gasteiger charge is 2.11. The summed E-state index contributed by atoms with van der Waals surface area (Å²) in [5.41, 5.74) is 5.15. The van der Waals surface area contributed by atoms with Crippen LogP contribution in [0.25, 0.3) is 54.2 Å². The van der Waals surface area contributed by atoms with Gasteiger partial charge in [-0.1, -0.05) is 121 Å². The Morgan fingerprint density at radius 3 is 1.69 bits per heavy atom. The number of benzene rings is 6. The monoisotopic (exact) mass is 444 g/mol. The fourth-order valence-electron chi connectivity index (χ4n) is 5.54. The Morgan fingerprint density at radius 1 is 0.371 bits per heavy atom. The average Bonchev–Trinajstić information content (AvgIpc) is 3.17. The summed E-state index contributed by atoms with van der Waals surface area (Å²) < 4.78 is 0. The Hall–Kier alpha value is -4.42. The van der Waals surface area contributed by atoms with Crippen molar-refractivity contribution < 1.29 is 0 Å². The molecule has 164 valence electrons. The van der Waals surface area contributed by atoms with Crippen LogP contribution >= 0.6 is 0 Å². The van der Waals surface area contributed by atoms with E-state index in [0.29, 0.717) is 0 Å². The minimum Gasteiger partial charge on any atom is -0.0728 e. The van der Waals surface area contributed by atoms with Gasteiger partial charge in [0.25, 0.3) is 0 Å². The predicted octanol–water partition coefficient (Wildman–Crippen LogP) is 9.73. The van der Waals surface area contributed by atoms with Crippen molar-refractivity contribution >= 4 is 54.2 Å². The van der Waals surface area contributed by atoms with Crippen LogP contribution < -0.4 is 0 Å². The molecular formula is C35H24. The quantitative estimate of drug-likeness (QED) is 0.184. The van der Waals surface area contributed by atoms with Crippen LogP contribution in [0.15, 0.2) is 133 Å². The first kappa shape index (κ1) is 20.0. The zero-order valence-electron chi connectivity index (χ0n) is 19.4. The third kappa shape index (κ3) is 3.38. The van der Waals surface area contributed by atoms with E-state index in [-0.39, 0.29) is 0 Å². The topological polar surface area (TPSA) is 0 Å². The zero-order valence-corrected chi connectivity index (χ0v) is 19.4. The molecule has 0 nitrogen and oxygen atoms in total. The van der Waals surface area contributed by atoms with Crippen molar-refractivity contribution in [2.75, 3.05) is 0 Å². The maximum atomic E-state index is 2.39. The third-order valence-corrected chi connectivity index (χ3v) is 7.27. The van der Waals surface area contributed by atoms with Gasteiger partial charge in [0.15, 0.2) is 0 Å². The molecule has 0 saturated heterocycles. The molecule has 0 amide bonds. The fraction of sp³-hybridized carbons (Fsp3) is 0.0286. The molecule has 0 unspecified atom stereocenters. The highest BCUT2D eigenvalue weighted by Crippen LogP contribution is 2.35. The summed E-state index contributed by atoms with van der Waals surface area (Å²) in [4.78, 5) is 0. The first-order chi connectivity index (χ1) is 17.3. The highest BCUT2D eigenvalue weighted by molar-refractivity contribution is 6.14. The Balaban J connectivity index is 1.36. The number of allylic oxidation sites excluding steroid dienone is 6. The SMILES string of the molecule is C1=CC(c2cccc3cc4ccc5ccccc5c4cc23)=CCC=C1c1cccc2ccccc12. The maximum Gasteiger partial charge on any atom is -0.00988 e. The lowest BCUT2D eigenvalue weighted by Crippen LogP contribution is -1.87. The van der Waals surface area contributed by atoms with E-state index in [4.69, 9.17) is 0 Å². The highest BCUT2D eigenvalue weighted by atomic mass is 14.1. The van der Waals surface area contributed by atoms with Crippen LogP contribution in [0.2, 0.25) is 0 Å². The van der Waals surface area contributed by atoms with Gasteiger partial charge in [0.1, 0.15) is 0 Å². The van der Waals surface area contributed by atoms with E-state index in [1.54, 1.807) is 0 Å². The van der Waals surface area contributed by atoms with E-state index in [1.807, 2.05) is 0 Å². The van der Waals surface area contributed by atoms with Crippen LogP contribution in [0.5, 0.6) is 0 Å². The van der Waals surface area contributed by atoms with Gasteiger partial charge in [-0.25, -0.2) is 0 Å². The van der Waals surface area contributed by atoms with E-state index < -0.39 is 0 Å². The summed E-state index contributed by atoms with van der Waals surface area (Å²) in [6, 6.07) is 39.8. The molecule has 1 aliphatic rings. The molecule has 35 heavy (non-hydrogen) atoms. The molecule has 6 aromatic carbocycles. The minimum atomic E-state index is 0.911. The molecule has 0 saturated carbocycles. The van der Waals surface area contributed by atoms with Crippen molar-refractivity contribution in [3.63, 3.8) is 0 Å². The number of fused-ring (bicyclic) bond motifs is 5. The molecule has 6 aromatic rings. The molecule has 0 radical (unpaired) electrons. The molecular weight excluding hydrogens is 420 g/mol. The largest absolute Gasteiger partial charge is 0.0728 e. The van der Waals surface area contributed by atoms with Crippen LogP contribution in [0.4, 0.5) is 0 Å². The lowest BCUT2D eigenvalue weighted by atomic mass is 9.93. The molecule has 1 aliphatic carbocycles. The molecule has 0 bridgehead atoms. The van der Waals surface area contributed by atoms with Crippen LogP contribution in [0, 0.1) is 0 Å². The Morgan fingerprint density at radius 2 is 0.914 bits per heavy atom. The molecule has 0 N–H and O–H groups in total. The van der Waals surface area contributed by atoms with Gasteiger partial charge in [0.05, 0.1) is 0 Å². The normalized spacial score (nSPS) is 13.8. The Bertz CT molecular complexity index is 1860. The second kappa shape index (κ2) is 8.11. The summed E-state index contributed by atoms with van der Waals surface area (Å²) >= 11 is 0. The summed E-state index contributed by atoms with van der Waals surface area (Å²) in [5, 5.41) is 10.4. The molecule has 0 heteroatoms. The fourth-order valence-corrected chi connectivity index (χ4v) is 5.54. The number of rotatable bonds is 2. The molecule has 0 heterocycles. The van der Waals surface area contributed by atoms with Gasteiger partial charge in [0, 0.05) is 0 Å². The van der Waals surface area contributed by atoms with Gasteiger partial charge < -0.3 is 0 Å². The molecule has 7 rings (SSSR count). The molecule has 0 aliphatic heterocycles. The lowest BCUT2D eigenvalue weighted by Gasteiger charge is -2.11. The van der Waals surface area contributed by atoms with Crippen LogP contribution in [-0.4, -0.2) is 0 Å². The first-order valence-electron chi connectivity index (χ1n) is 12.3. The second-order valence-electron chi connectivity index (χ2n) is 9.30. The van der Waals surface area contributed by atoms with E-state index >= 15 is 0 Å². The van der Waals surface area contributed by atoms with Crippen molar-refractivity contribution in [3.05, 3.63) is 145 Å². The molecule has 0 fully saturated rings. The standard InChI is InChI=1S/C35H24/c1-3-14-30-24(8-1)12-6-16-31(30)26-10-5-11-27(19-18-26)33-17-7-13-28-22-29-21-20-25-9-2-4-15-32(25)35(29)23-34(28)33/h1-4,6-23H,5H2. The van der Waals surface area contributed by atoms with Crippen LogP contribution in [-0.2, 0) is 0 Å². The lowest BCUT2D eigenvalue weighted by molar-refractivity contribution is 1.41. The molecule has 0 spiro atoms. The summed E-state index contributed by atoms with van der Waals surface area (Å²) in [6.07, 6.45) is 10.2.